The lowest BCUT2D eigenvalue weighted by Gasteiger charge is -2.34. The molecule has 5 rings (SSSR count). The number of rotatable bonds is 7. The van der Waals surface area contributed by atoms with Gasteiger partial charge >= 0.3 is 0 Å². The maximum atomic E-state index is 13.5. The minimum Gasteiger partial charge on any atom is -0.379 e. The van der Waals surface area contributed by atoms with Gasteiger partial charge in [0, 0.05) is 43.3 Å². The van der Waals surface area contributed by atoms with Crippen molar-refractivity contribution in [3.63, 3.8) is 0 Å². The molecule has 206 valence electrons. The normalized spacial score (nSPS) is 19.4. The minimum absolute atomic E-state index is 0.109. The van der Waals surface area contributed by atoms with Gasteiger partial charge in [0.25, 0.3) is 5.91 Å². The third-order valence-electron chi connectivity index (χ3n) is 6.97. The van der Waals surface area contributed by atoms with Crippen molar-refractivity contribution < 1.29 is 26.4 Å². The maximum absolute atomic E-state index is 13.5. The lowest BCUT2D eigenvalue weighted by atomic mass is 9.99. The van der Waals surface area contributed by atoms with Crippen molar-refractivity contribution in [2.75, 3.05) is 38.2 Å². The van der Waals surface area contributed by atoms with Gasteiger partial charge in [-0.05, 0) is 73.0 Å². The molecule has 1 amide bonds. The fraction of sp³-hybridized carbons (Fsp3) is 0.333. The van der Waals surface area contributed by atoms with Crippen LogP contribution in [0.25, 0.3) is 0 Å². The van der Waals surface area contributed by atoms with Crippen LogP contribution in [-0.4, -0.2) is 69.2 Å². The molecule has 10 nitrogen and oxygen atoms in total. The third kappa shape index (κ3) is 5.89. The summed E-state index contributed by atoms with van der Waals surface area (Å²) in [6, 6.07) is 15.2. The van der Waals surface area contributed by atoms with Crippen LogP contribution in [-0.2, 0) is 24.8 Å². The van der Waals surface area contributed by atoms with E-state index in [9.17, 15) is 21.6 Å². The van der Waals surface area contributed by atoms with Crippen LogP contribution >= 0.6 is 0 Å². The molecular weight excluding hydrogens is 540 g/mol. The van der Waals surface area contributed by atoms with Crippen LogP contribution < -0.4 is 5.32 Å². The zero-order valence-electron chi connectivity index (χ0n) is 21.3. The minimum atomic E-state index is -3.76. The highest BCUT2D eigenvalue weighted by Gasteiger charge is 2.34. The zero-order chi connectivity index (χ0) is 27.5. The SMILES string of the molecule is O=C(Nc1ccc(S(=O)(=O)N2CCCC[C@H]2c2cccnc2)cc1)c1ccc(S(=O)(=O)N2CCOCC2)cc1. The number of amides is 1. The van der Waals surface area contributed by atoms with E-state index in [0.717, 1.165) is 24.8 Å². The van der Waals surface area contributed by atoms with E-state index in [4.69, 9.17) is 4.74 Å². The summed E-state index contributed by atoms with van der Waals surface area (Å²) < 4.78 is 60.7. The lowest BCUT2D eigenvalue weighted by molar-refractivity contribution is 0.0730. The van der Waals surface area contributed by atoms with E-state index in [1.165, 1.54) is 45.0 Å². The van der Waals surface area contributed by atoms with Crippen LogP contribution in [0, 0.1) is 0 Å². The second-order valence-electron chi connectivity index (χ2n) is 9.43. The van der Waals surface area contributed by atoms with E-state index in [-0.39, 0.29) is 34.5 Å². The summed E-state index contributed by atoms with van der Waals surface area (Å²) in [5.74, 6) is -0.436. The summed E-state index contributed by atoms with van der Waals surface area (Å²) in [5.41, 5.74) is 1.57. The maximum Gasteiger partial charge on any atom is 0.255 e. The number of sulfonamides is 2. The summed E-state index contributed by atoms with van der Waals surface area (Å²) >= 11 is 0. The number of anilines is 1. The van der Waals surface area contributed by atoms with Crippen LogP contribution in [0.1, 0.15) is 41.2 Å². The molecule has 2 aliphatic rings. The van der Waals surface area contributed by atoms with Crippen LogP contribution in [0.5, 0.6) is 0 Å². The van der Waals surface area contributed by atoms with Gasteiger partial charge in [0.05, 0.1) is 29.0 Å². The predicted molar refractivity (Wildman–Crippen MR) is 145 cm³/mol. The highest BCUT2D eigenvalue weighted by atomic mass is 32.2. The van der Waals surface area contributed by atoms with Crippen LogP contribution in [0.2, 0.25) is 0 Å². The molecule has 2 saturated heterocycles. The Kier molecular flexibility index (Phi) is 8.10. The molecule has 3 heterocycles. The van der Waals surface area contributed by atoms with Crippen LogP contribution in [0.4, 0.5) is 5.69 Å². The number of pyridine rings is 1. The largest absolute Gasteiger partial charge is 0.379 e. The number of aromatic nitrogens is 1. The number of nitrogens with zero attached hydrogens (tertiary/aromatic N) is 3. The van der Waals surface area contributed by atoms with Crippen molar-refractivity contribution in [1.82, 2.24) is 13.6 Å². The van der Waals surface area contributed by atoms with Gasteiger partial charge in [-0.15, -0.1) is 0 Å². The van der Waals surface area contributed by atoms with Crippen molar-refractivity contribution in [1.29, 1.82) is 0 Å². The first-order chi connectivity index (χ1) is 18.8. The lowest BCUT2D eigenvalue weighted by Crippen LogP contribution is -2.40. The molecule has 3 aromatic rings. The first-order valence-electron chi connectivity index (χ1n) is 12.8. The molecule has 2 aromatic carbocycles. The third-order valence-corrected chi connectivity index (χ3v) is 10.8. The van der Waals surface area contributed by atoms with Gasteiger partial charge < -0.3 is 10.1 Å². The van der Waals surface area contributed by atoms with E-state index >= 15 is 0 Å². The number of ether oxygens (including phenoxy) is 1. The number of nitrogens with one attached hydrogen (secondary N) is 1. The highest BCUT2D eigenvalue weighted by Crippen LogP contribution is 2.35. The van der Waals surface area contributed by atoms with E-state index < -0.39 is 26.0 Å². The summed E-state index contributed by atoms with van der Waals surface area (Å²) in [6.45, 7) is 1.71. The Morgan fingerprint density at radius 3 is 2.18 bits per heavy atom. The highest BCUT2D eigenvalue weighted by molar-refractivity contribution is 7.89. The molecular formula is C27H30N4O6S2. The molecule has 0 bridgehead atoms. The molecule has 2 fully saturated rings. The van der Waals surface area contributed by atoms with Gasteiger partial charge in [0.15, 0.2) is 0 Å². The number of hydrogen-bond donors (Lipinski definition) is 1. The summed E-state index contributed by atoms with van der Waals surface area (Å²) in [6.07, 6.45) is 5.83. The zero-order valence-corrected chi connectivity index (χ0v) is 22.9. The van der Waals surface area contributed by atoms with E-state index in [1.807, 2.05) is 12.1 Å². The van der Waals surface area contributed by atoms with Crippen molar-refractivity contribution in [2.45, 2.75) is 35.1 Å². The molecule has 0 unspecified atom stereocenters. The second kappa shape index (κ2) is 11.5. The monoisotopic (exact) mass is 570 g/mol. The Bertz CT molecular complexity index is 1510. The second-order valence-corrected chi connectivity index (χ2v) is 13.3. The van der Waals surface area contributed by atoms with Gasteiger partial charge in [-0.1, -0.05) is 12.5 Å². The molecule has 1 aromatic heterocycles. The number of carbonyl (C=O) groups is 1. The van der Waals surface area contributed by atoms with Crippen LogP contribution in [0.15, 0.2) is 82.8 Å². The van der Waals surface area contributed by atoms with Crippen molar-refractivity contribution in [2.24, 2.45) is 0 Å². The van der Waals surface area contributed by atoms with Gasteiger partial charge in [0.2, 0.25) is 20.0 Å². The van der Waals surface area contributed by atoms with Crippen molar-refractivity contribution >= 4 is 31.6 Å². The average Bonchev–Trinajstić information content (AvgIpc) is 2.98. The Morgan fingerprint density at radius 2 is 1.51 bits per heavy atom. The van der Waals surface area contributed by atoms with Crippen molar-refractivity contribution in [3.05, 3.63) is 84.2 Å². The number of piperidine rings is 1. The number of carbonyl (C=O) groups excluding carboxylic acids is 1. The fourth-order valence-corrected chi connectivity index (χ4v) is 7.95. The quantitative estimate of drug-likeness (QED) is 0.462. The first kappa shape index (κ1) is 27.4. The Balaban J connectivity index is 1.27. The number of morpholine rings is 1. The van der Waals surface area contributed by atoms with Gasteiger partial charge in [-0.25, -0.2) is 16.8 Å². The average molecular weight is 571 g/mol. The predicted octanol–water partition coefficient (Wildman–Crippen LogP) is 3.27. The van der Waals surface area contributed by atoms with Gasteiger partial charge in [-0.3, -0.25) is 9.78 Å². The molecule has 0 spiro atoms. The summed E-state index contributed by atoms with van der Waals surface area (Å²) in [7, 11) is -7.42. The van der Waals surface area contributed by atoms with Crippen LogP contribution in [0.3, 0.4) is 0 Å². The Hall–Kier alpha value is -3.16. The molecule has 0 radical (unpaired) electrons. The van der Waals surface area contributed by atoms with Crippen molar-refractivity contribution in [3.8, 4) is 0 Å². The van der Waals surface area contributed by atoms with Gasteiger partial charge in [0.1, 0.15) is 0 Å². The number of benzene rings is 2. The standard InChI is InChI=1S/C27H30N4O6S2/c32-27(21-6-10-24(11-7-21)38(33,34)30-16-18-37-19-17-30)29-23-8-12-25(13-9-23)39(35,36)31-15-2-1-5-26(31)22-4-3-14-28-20-22/h3-4,6-14,20,26H,1-2,5,15-19H2,(H,29,32)/t26-/m0/s1. The fourth-order valence-electron chi connectivity index (χ4n) is 4.86. The first-order valence-corrected chi connectivity index (χ1v) is 15.7. The van der Waals surface area contributed by atoms with E-state index in [0.29, 0.717) is 25.4 Å². The molecule has 12 heteroatoms. The molecule has 2 aliphatic heterocycles. The van der Waals surface area contributed by atoms with Gasteiger partial charge in [-0.2, -0.15) is 8.61 Å². The molecule has 1 N–H and O–H groups in total. The smallest absolute Gasteiger partial charge is 0.255 e. The summed E-state index contributed by atoms with van der Waals surface area (Å²) in [4.78, 5) is 17.2. The molecule has 0 aliphatic carbocycles. The Morgan fingerprint density at radius 1 is 0.846 bits per heavy atom. The molecule has 1 atom stereocenters. The Labute approximate surface area is 228 Å². The van der Waals surface area contributed by atoms with E-state index in [1.54, 1.807) is 24.5 Å². The number of hydrogen-bond acceptors (Lipinski definition) is 7. The van der Waals surface area contributed by atoms with E-state index in [2.05, 4.69) is 10.3 Å². The topological polar surface area (TPSA) is 126 Å². The molecule has 39 heavy (non-hydrogen) atoms. The summed E-state index contributed by atoms with van der Waals surface area (Å²) in [5, 5.41) is 2.74. The molecule has 0 saturated carbocycles.